The van der Waals surface area contributed by atoms with E-state index in [4.69, 9.17) is 0 Å². The second-order valence-electron chi connectivity index (χ2n) is 6.88. The van der Waals surface area contributed by atoms with Crippen LogP contribution in [-0.2, 0) is 0 Å². The van der Waals surface area contributed by atoms with Gasteiger partial charge in [-0.2, -0.15) is 0 Å². The van der Waals surface area contributed by atoms with Crippen LogP contribution in [-0.4, -0.2) is 5.66 Å². The quantitative estimate of drug-likeness (QED) is 0.619. The average Bonchev–Trinajstić information content (AvgIpc) is 2.80. The highest BCUT2D eigenvalue weighted by molar-refractivity contribution is 7.73. The van der Waals surface area contributed by atoms with Gasteiger partial charge in [0.15, 0.2) is 0 Å². The van der Waals surface area contributed by atoms with Crippen molar-refractivity contribution in [3.8, 4) is 0 Å². The van der Waals surface area contributed by atoms with Crippen molar-refractivity contribution in [1.82, 2.24) is 0 Å². The van der Waals surface area contributed by atoms with Crippen LogP contribution >= 0.6 is 7.92 Å². The Morgan fingerprint density at radius 3 is 1.42 bits per heavy atom. The Bertz CT molecular complexity index is 705. The van der Waals surface area contributed by atoms with Crippen molar-refractivity contribution in [2.75, 3.05) is 0 Å². The topological polar surface area (TPSA) is 0 Å². The highest BCUT2D eigenvalue weighted by atomic mass is 31.1. The van der Waals surface area contributed by atoms with Gasteiger partial charge in [0.05, 0.1) is 0 Å². The molecular formula is C23H27P. The first-order chi connectivity index (χ1) is 11.5. The zero-order chi connectivity index (χ0) is 17.3. The van der Waals surface area contributed by atoms with Gasteiger partial charge in [-0.1, -0.05) is 78.7 Å². The molecule has 0 saturated heterocycles. The van der Waals surface area contributed by atoms with Gasteiger partial charge in [0.25, 0.3) is 0 Å². The summed E-state index contributed by atoms with van der Waals surface area (Å²) in [5.41, 5.74) is 6.73. The predicted octanol–water partition coefficient (Wildman–Crippen LogP) is 5.81. The lowest BCUT2D eigenvalue weighted by molar-refractivity contribution is 0.705. The minimum atomic E-state index is -0.383. The molecular weight excluding hydrogens is 307 g/mol. The Labute approximate surface area is 148 Å². The van der Waals surface area contributed by atoms with Crippen LogP contribution in [0.5, 0.6) is 0 Å². The van der Waals surface area contributed by atoms with Gasteiger partial charge >= 0.3 is 0 Å². The van der Waals surface area contributed by atoms with Crippen LogP contribution in [0.2, 0.25) is 0 Å². The number of hydrogen-bond acceptors (Lipinski definition) is 0. The van der Waals surface area contributed by atoms with E-state index in [0.29, 0.717) is 11.6 Å². The summed E-state index contributed by atoms with van der Waals surface area (Å²) >= 11 is 0. The van der Waals surface area contributed by atoms with Gasteiger partial charge in [0.2, 0.25) is 0 Å². The molecule has 0 nitrogen and oxygen atoms in total. The zero-order valence-corrected chi connectivity index (χ0v) is 16.3. The third-order valence-corrected chi connectivity index (χ3v) is 8.46. The molecule has 2 aromatic carbocycles. The monoisotopic (exact) mass is 334 g/mol. The standard InChI is InChI=1S/C23H27P/c1-16-17(2)19(4)23(18(16)3)20(5)24(21-12-8-6-9-13-21)22-14-10-7-11-15-22/h6-15,20,23H,1-5H3. The molecule has 0 heterocycles. The van der Waals surface area contributed by atoms with Crippen molar-refractivity contribution in [2.24, 2.45) is 5.92 Å². The lowest BCUT2D eigenvalue weighted by Crippen LogP contribution is -2.26. The van der Waals surface area contributed by atoms with Crippen LogP contribution in [0.4, 0.5) is 0 Å². The number of rotatable bonds is 4. The van der Waals surface area contributed by atoms with Gasteiger partial charge in [-0.15, -0.1) is 0 Å². The van der Waals surface area contributed by atoms with Gasteiger partial charge in [-0.3, -0.25) is 0 Å². The molecule has 1 atom stereocenters. The van der Waals surface area contributed by atoms with Crippen LogP contribution in [0, 0.1) is 5.92 Å². The summed E-state index contributed by atoms with van der Waals surface area (Å²) in [6, 6.07) is 22.2. The molecule has 0 fully saturated rings. The van der Waals surface area contributed by atoms with E-state index in [1.54, 1.807) is 11.1 Å². The maximum absolute atomic E-state index is 2.45. The largest absolute Gasteiger partial charge is 0.0623 e. The van der Waals surface area contributed by atoms with E-state index in [0.717, 1.165) is 0 Å². The fourth-order valence-electron chi connectivity index (χ4n) is 4.05. The van der Waals surface area contributed by atoms with Crippen molar-refractivity contribution in [1.29, 1.82) is 0 Å². The summed E-state index contributed by atoms with van der Waals surface area (Å²) in [7, 11) is -0.383. The molecule has 0 saturated carbocycles. The fourth-order valence-corrected chi connectivity index (χ4v) is 7.02. The van der Waals surface area contributed by atoms with Crippen molar-refractivity contribution >= 4 is 18.5 Å². The molecule has 0 radical (unpaired) electrons. The molecule has 24 heavy (non-hydrogen) atoms. The fraction of sp³-hybridized carbons (Fsp3) is 0.304. The summed E-state index contributed by atoms with van der Waals surface area (Å²) in [6.45, 7) is 11.7. The second kappa shape index (κ2) is 7.08. The van der Waals surface area contributed by atoms with Crippen LogP contribution in [0.15, 0.2) is 83.0 Å². The van der Waals surface area contributed by atoms with Crippen LogP contribution in [0.1, 0.15) is 34.6 Å². The highest BCUT2D eigenvalue weighted by Crippen LogP contribution is 2.50. The molecule has 1 aliphatic carbocycles. The van der Waals surface area contributed by atoms with E-state index < -0.39 is 0 Å². The summed E-state index contributed by atoms with van der Waals surface area (Å²) in [6.07, 6.45) is 0. The van der Waals surface area contributed by atoms with Gasteiger partial charge in [0, 0.05) is 5.92 Å². The first kappa shape index (κ1) is 17.2. The van der Waals surface area contributed by atoms with E-state index in [1.165, 1.54) is 21.8 Å². The molecule has 124 valence electrons. The van der Waals surface area contributed by atoms with Crippen LogP contribution in [0.25, 0.3) is 0 Å². The second-order valence-corrected chi connectivity index (χ2v) is 9.46. The van der Waals surface area contributed by atoms with Crippen molar-refractivity contribution in [3.63, 3.8) is 0 Å². The first-order valence-corrected chi connectivity index (χ1v) is 10.2. The summed E-state index contributed by atoms with van der Waals surface area (Å²) in [5, 5.41) is 2.96. The lowest BCUT2D eigenvalue weighted by Gasteiger charge is -2.32. The Hall–Kier alpha value is -1.65. The van der Waals surface area contributed by atoms with E-state index in [-0.39, 0.29) is 7.92 Å². The smallest absolute Gasteiger partial charge is 0.00840 e. The van der Waals surface area contributed by atoms with E-state index in [2.05, 4.69) is 95.3 Å². The molecule has 0 N–H and O–H groups in total. The average molecular weight is 334 g/mol. The number of allylic oxidation sites excluding steroid dienone is 4. The molecule has 1 aliphatic rings. The molecule has 0 aliphatic heterocycles. The maximum atomic E-state index is 2.45. The molecule has 3 rings (SSSR count). The highest BCUT2D eigenvalue weighted by Gasteiger charge is 2.34. The Morgan fingerprint density at radius 1 is 0.667 bits per heavy atom. The van der Waals surface area contributed by atoms with E-state index in [1.807, 2.05) is 0 Å². The molecule has 2 aromatic rings. The maximum Gasteiger partial charge on any atom is 0.00840 e. The van der Waals surface area contributed by atoms with Crippen molar-refractivity contribution in [2.45, 2.75) is 40.3 Å². The molecule has 1 heteroatoms. The zero-order valence-electron chi connectivity index (χ0n) is 15.4. The Balaban J connectivity index is 2.07. The third-order valence-electron chi connectivity index (χ3n) is 5.64. The SMILES string of the molecule is CC1=C(C)C(C(C)P(c2ccccc2)c2ccccc2)C(C)=C1C. The number of hydrogen-bond donors (Lipinski definition) is 0. The predicted molar refractivity (Wildman–Crippen MR) is 109 cm³/mol. The van der Waals surface area contributed by atoms with Crippen LogP contribution in [0.3, 0.4) is 0 Å². The summed E-state index contributed by atoms with van der Waals surface area (Å²) < 4.78 is 0. The van der Waals surface area contributed by atoms with E-state index in [9.17, 15) is 0 Å². The first-order valence-electron chi connectivity index (χ1n) is 8.76. The van der Waals surface area contributed by atoms with E-state index >= 15 is 0 Å². The van der Waals surface area contributed by atoms with Gasteiger partial charge in [-0.05, 0) is 63.0 Å². The molecule has 0 aromatic heterocycles. The molecule has 0 bridgehead atoms. The normalized spacial score (nSPS) is 17.1. The number of benzene rings is 2. The minimum Gasteiger partial charge on any atom is -0.0623 e. The Kier molecular flexibility index (Phi) is 5.07. The van der Waals surface area contributed by atoms with Gasteiger partial charge in [-0.25, -0.2) is 0 Å². The van der Waals surface area contributed by atoms with Crippen molar-refractivity contribution < 1.29 is 0 Å². The van der Waals surface area contributed by atoms with Gasteiger partial charge < -0.3 is 0 Å². The molecule has 1 unspecified atom stereocenters. The Morgan fingerprint density at radius 2 is 1.04 bits per heavy atom. The van der Waals surface area contributed by atoms with Crippen molar-refractivity contribution in [3.05, 3.63) is 83.0 Å². The molecule has 0 spiro atoms. The lowest BCUT2D eigenvalue weighted by atomic mass is 9.94. The summed E-state index contributed by atoms with van der Waals surface area (Å²) in [4.78, 5) is 0. The molecule has 0 amide bonds. The summed E-state index contributed by atoms with van der Waals surface area (Å²) in [5.74, 6) is 0.566. The van der Waals surface area contributed by atoms with Crippen LogP contribution < -0.4 is 10.6 Å². The van der Waals surface area contributed by atoms with Gasteiger partial charge in [0.1, 0.15) is 0 Å². The minimum absolute atomic E-state index is 0.383. The third kappa shape index (κ3) is 3.01.